The zero-order valence-corrected chi connectivity index (χ0v) is 20.0. The molecule has 8 heteroatoms. The lowest BCUT2D eigenvalue weighted by Gasteiger charge is -2.56. The SMILES string of the molecule is O=S(=O)(NCc1cc(C2CC2)c(OCC23CC4CC(CC(C4)C2)C3)cc1F)N1CCOCC1. The van der Waals surface area contributed by atoms with Crippen molar-refractivity contribution in [2.75, 3.05) is 32.9 Å². The summed E-state index contributed by atoms with van der Waals surface area (Å²) >= 11 is 0. The highest BCUT2D eigenvalue weighted by Gasteiger charge is 2.51. The van der Waals surface area contributed by atoms with Gasteiger partial charge >= 0.3 is 0 Å². The molecule has 0 unspecified atom stereocenters. The van der Waals surface area contributed by atoms with Gasteiger partial charge in [-0.15, -0.1) is 0 Å². The number of ether oxygens (including phenoxy) is 2. The van der Waals surface area contributed by atoms with E-state index in [-0.39, 0.29) is 12.0 Å². The van der Waals surface area contributed by atoms with E-state index >= 15 is 4.39 Å². The summed E-state index contributed by atoms with van der Waals surface area (Å²) in [6, 6.07) is 3.34. The van der Waals surface area contributed by atoms with Crippen LogP contribution in [0.5, 0.6) is 5.75 Å². The molecule has 4 bridgehead atoms. The van der Waals surface area contributed by atoms with Gasteiger partial charge in [-0.3, -0.25) is 0 Å². The van der Waals surface area contributed by atoms with Gasteiger partial charge in [0.2, 0.25) is 0 Å². The summed E-state index contributed by atoms with van der Waals surface area (Å²) in [6.45, 7) is 2.05. The normalized spacial score (nSPS) is 34.0. The van der Waals surface area contributed by atoms with Crippen molar-refractivity contribution in [2.45, 2.75) is 63.8 Å². The van der Waals surface area contributed by atoms with Crippen LogP contribution in [0.25, 0.3) is 0 Å². The number of hydrogen-bond acceptors (Lipinski definition) is 4. The molecule has 7 rings (SSSR count). The first-order valence-electron chi connectivity index (χ1n) is 12.7. The Balaban J connectivity index is 1.16. The summed E-state index contributed by atoms with van der Waals surface area (Å²) in [5.41, 5.74) is 1.70. The van der Waals surface area contributed by atoms with Gasteiger partial charge in [0, 0.05) is 36.7 Å². The minimum atomic E-state index is -3.66. The van der Waals surface area contributed by atoms with Crippen molar-refractivity contribution < 1.29 is 22.3 Å². The van der Waals surface area contributed by atoms with Gasteiger partial charge in [-0.2, -0.15) is 17.4 Å². The van der Waals surface area contributed by atoms with Crippen molar-refractivity contribution in [2.24, 2.45) is 23.2 Å². The van der Waals surface area contributed by atoms with Crippen LogP contribution in [-0.4, -0.2) is 45.6 Å². The third kappa shape index (κ3) is 4.56. The van der Waals surface area contributed by atoms with E-state index in [0.29, 0.717) is 50.1 Å². The first-order chi connectivity index (χ1) is 15.9. The van der Waals surface area contributed by atoms with Gasteiger partial charge in [0.15, 0.2) is 0 Å². The van der Waals surface area contributed by atoms with E-state index in [1.165, 1.54) is 48.9 Å². The summed E-state index contributed by atoms with van der Waals surface area (Å²) in [5.74, 6) is 3.26. The Kier molecular flexibility index (Phi) is 5.71. The molecule has 6 fully saturated rings. The van der Waals surface area contributed by atoms with Crippen LogP contribution in [0.4, 0.5) is 4.39 Å². The summed E-state index contributed by atoms with van der Waals surface area (Å²) in [4.78, 5) is 0. The molecule has 0 radical (unpaired) electrons. The molecule has 0 atom stereocenters. The average molecular weight is 479 g/mol. The van der Waals surface area contributed by atoms with Gasteiger partial charge in [0.25, 0.3) is 10.2 Å². The van der Waals surface area contributed by atoms with Gasteiger partial charge in [-0.1, -0.05) is 0 Å². The monoisotopic (exact) mass is 478 g/mol. The van der Waals surface area contributed by atoms with Crippen molar-refractivity contribution in [3.05, 3.63) is 29.1 Å². The fraction of sp³-hybridized carbons (Fsp3) is 0.760. The van der Waals surface area contributed by atoms with Crippen LogP contribution in [0, 0.1) is 29.0 Å². The molecule has 33 heavy (non-hydrogen) atoms. The van der Waals surface area contributed by atoms with E-state index in [0.717, 1.165) is 36.2 Å². The van der Waals surface area contributed by atoms with Crippen LogP contribution < -0.4 is 9.46 Å². The highest BCUT2D eigenvalue weighted by Crippen LogP contribution is 2.60. The lowest BCUT2D eigenvalue weighted by atomic mass is 9.50. The van der Waals surface area contributed by atoms with E-state index in [4.69, 9.17) is 9.47 Å². The van der Waals surface area contributed by atoms with Crippen LogP contribution >= 0.6 is 0 Å². The van der Waals surface area contributed by atoms with Crippen LogP contribution in [0.1, 0.15) is 68.4 Å². The molecule has 5 saturated carbocycles. The van der Waals surface area contributed by atoms with E-state index in [1.807, 2.05) is 6.07 Å². The van der Waals surface area contributed by atoms with Crippen molar-refractivity contribution in [3.63, 3.8) is 0 Å². The highest BCUT2D eigenvalue weighted by atomic mass is 32.2. The molecule has 6 nitrogen and oxygen atoms in total. The number of hydrogen-bond donors (Lipinski definition) is 1. The van der Waals surface area contributed by atoms with E-state index in [2.05, 4.69) is 4.72 Å². The molecule has 0 amide bonds. The summed E-state index contributed by atoms with van der Waals surface area (Å²) in [6.07, 6.45) is 10.2. The quantitative estimate of drug-likeness (QED) is 0.614. The Morgan fingerprint density at radius 2 is 1.70 bits per heavy atom. The third-order valence-electron chi connectivity index (χ3n) is 8.65. The zero-order valence-electron chi connectivity index (χ0n) is 19.2. The molecule has 0 spiro atoms. The lowest BCUT2D eigenvalue weighted by molar-refractivity contribution is -0.0747. The fourth-order valence-electron chi connectivity index (χ4n) is 7.34. The highest BCUT2D eigenvalue weighted by molar-refractivity contribution is 7.87. The molecule has 1 saturated heterocycles. The Morgan fingerprint density at radius 3 is 2.30 bits per heavy atom. The van der Waals surface area contributed by atoms with E-state index in [9.17, 15) is 8.42 Å². The van der Waals surface area contributed by atoms with E-state index < -0.39 is 16.0 Å². The molecule has 5 aliphatic carbocycles. The van der Waals surface area contributed by atoms with Crippen molar-refractivity contribution >= 4 is 10.2 Å². The molecule has 1 N–H and O–H groups in total. The summed E-state index contributed by atoms with van der Waals surface area (Å²) in [5, 5.41) is 0. The topological polar surface area (TPSA) is 67.9 Å². The molecule has 1 heterocycles. The van der Waals surface area contributed by atoms with Crippen molar-refractivity contribution in [3.8, 4) is 5.75 Å². The molecular weight excluding hydrogens is 443 g/mol. The predicted octanol–water partition coefficient (Wildman–Crippen LogP) is 3.96. The number of halogens is 1. The maximum Gasteiger partial charge on any atom is 0.279 e. The number of nitrogens with zero attached hydrogens (tertiary/aromatic N) is 1. The van der Waals surface area contributed by atoms with Gasteiger partial charge < -0.3 is 9.47 Å². The third-order valence-corrected chi connectivity index (χ3v) is 10.2. The maximum atomic E-state index is 15.1. The zero-order chi connectivity index (χ0) is 22.6. The molecule has 1 aliphatic heterocycles. The Morgan fingerprint density at radius 1 is 1.06 bits per heavy atom. The standard InChI is InChI=1S/C25H35FN2O4S/c26-23-11-24(32-16-25-12-17-7-18(13-25)9-19(8-17)14-25)22(20-1-2-20)10-21(23)15-27-33(29,30)28-3-5-31-6-4-28/h10-11,17-20,27H,1-9,12-16H2. The number of benzene rings is 1. The molecular formula is C25H35FN2O4S. The summed E-state index contributed by atoms with van der Waals surface area (Å²) in [7, 11) is -3.66. The maximum absolute atomic E-state index is 15.1. The molecule has 182 valence electrons. The van der Waals surface area contributed by atoms with Crippen molar-refractivity contribution in [1.29, 1.82) is 0 Å². The van der Waals surface area contributed by atoms with Crippen LogP contribution in [0.3, 0.4) is 0 Å². The number of rotatable bonds is 8. The van der Waals surface area contributed by atoms with Gasteiger partial charge in [-0.05, 0) is 86.7 Å². The molecule has 1 aromatic carbocycles. The molecule has 6 aliphatic rings. The minimum absolute atomic E-state index is 0.0551. The van der Waals surface area contributed by atoms with Gasteiger partial charge in [0.1, 0.15) is 11.6 Å². The molecule has 0 aromatic heterocycles. The minimum Gasteiger partial charge on any atom is -0.493 e. The smallest absolute Gasteiger partial charge is 0.279 e. The van der Waals surface area contributed by atoms with Gasteiger partial charge in [-0.25, -0.2) is 4.39 Å². The van der Waals surface area contributed by atoms with Crippen molar-refractivity contribution in [1.82, 2.24) is 9.03 Å². The second-order valence-corrected chi connectivity index (χ2v) is 13.1. The second kappa shape index (κ2) is 8.47. The van der Waals surface area contributed by atoms with Crippen LogP contribution in [0.2, 0.25) is 0 Å². The number of morpholine rings is 1. The first-order valence-corrected chi connectivity index (χ1v) is 14.1. The lowest BCUT2D eigenvalue weighted by Crippen LogP contribution is -2.48. The second-order valence-electron chi connectivity index (χ2n) is 11.3. The number of nitrogens with one attached hydrogen (secondary N) is 1. The fourth-order valence-corrected chi connectivity index (χ4v) is 8.49. The molecule has 1 aromatic rings. The van der Waals surface area contributed by atoms with Crippen LogP contribution in [-0.2, 0) is 21.5 Å². The van der Waals surface area contributed by atoms with Gasteiger partial charge in [0.05, 0.1) is 19.8 Å². The first kappa shape index (κ1) is 22.3. The van der Waals surface area contributed by atoms with Crippen LogP contribution in [0.15, 0.2) is 12.1 Å². The Labute approximate surface area is 196 Å². The average Bonchev–Trinajstić information content (AvgIpc) is 3.62. The Bertz CT molecular complexity index is 969. The Hall–Kier alpha value is -1.22. The summed E-state index contributed by atoms with van der Waals surface area (Å²) < 4.78 is 55.8. The largest absolute Gasteiger partial charge is 0.493 e. The predicted molar refractivity (Wildman–Crippen MR) is 123 cm³/mol. The van der Waals surface area contributed by atoms with E-state index in [1.54, 1.807) is 0 Å².